The molecular formula is C23H31F3N2O6. The maximum atomic E-state index is 12.8. The van der Waals surface area contributed by atoms with Crippen LogP contribution in [0.25, 0.3) is 0 Å². The van der Waals surface area contributed by atoms with Gasteiger partial charge in [-0.3, -0.25) is 9.69 Å². The van der Waals surface area contributed by atoms with E-state index in [-0.39, 0.29) is 29.3 Å². The third-order valence-electron chi connectivity index (χ3n) is 6.73. The Kier molecular flexibility index (Phi) is 8.10. The Morgan fingerprint density at radius 1 is 1.21 bits per heavy atom. The second-order valence-electron chi connectivity index (χ2n) is 9.45. The van der Waals surface area contributed by atoms with E-state index in [0.29, 0.717) is 18.7 Å². The summed E-state index contributed by atoms with van der Waals surface area (Å²) in [6, 6.07) is 5.17. The van der Waals surface area contributed by atoms with E-state index in [4.69, 9.17) is 14.6 Å². The van der Waals surface area contributed by atoms with Crippen LogP contribution in [0, 0.1) is 12.3 Å². The van der Waals surface area contributed by atoms with Gasteiger partial charge in [-0.1, -0.05) is 11.6 Å². The number of halogens is 3. The molecule has 1 aromatic carbocycles. The highest BCUT2D eigenvalue weighted by atomic mass is 19.4. The Labute approximate surface area is 195 Å². The molecule has 3 aliphatic rings. The Hall–Kier alpha value is -2.37. The first kappa shape index (κ1) is 26.2. The van der Waals surface area contributed by atoms with Crippen molar-refractivity contribution in [2.45, 2.75) is 51.0 Å². The summed E-state index contributed by atoms with van der Waals surface area (Å²) in [5, 5.41) is 26.9. The van der Waals surface area contributed by atoms with Crippen LogP contribution in [-0.4, -0.2) is 94.7 Å². The van der Waals surface area contributed by atoms with Gasteiger partial charge in [0.15, 0.2) is 0 Å². The number of hydrogen-bond acceptors (Lipinski definition) is 6. The third-order valence-corrected chi connectivity index (χ3v) is 6.73. The molecule has 8 nitrogen and oxygen atoms in total. The Morgan fingerprint density at radius 3 is 2.41 bits per heavy atom. The number of carboxylic acids is 1. The van der Waals surface area contributed by atoms with Gasteiger partial charge in [-0.05, 0) is 50.2 Å². The number of phenols is 1. The molecule has 1 amide bonds. The number of aliphatic carboxylic acids is 1. The number of carboxylic acid groups (broad SMARTS) is 1. The standard InChI is InChI=1S/C21H30N2O4.C2HF3O2/c1-15-2-3-19(25)18(10-15)20(26)23-8-5-21(6-9-23)11-17(27-14-21)13-22-7-4-16(24)12-22;3-2(4,5)1(6)7/h2-3,10,16-17,24-25H,4-9,11-14H2,1H3;(H,6,7). The molecule has 3 fully saturated rings. The molecule has 2 atom stereocenters. The quantitative estimate of drug-likeness (QED) is 0.599. The topological polar surface area (TPSA) is 111 Å². The first-order valence-corrected chi connectivity index (χ1v) is 11.3. The van der Waals surface area contributed by atoms with E-state index in [1.54, 1.807) is 12.1 Å². The molecule has 4 rings (SSSR count). The summed E-state index contributed by atoms with van der Waals surface area (Å²) < 4.78 is 37.8. The SMILES string of the molecule is Cc1ccc(O)c(C(=O)N2CCC3(CC2)COC(CN2CCC(O)C2)C3)c1.O=C(O)C(F)(F)F. The van der Waals surface area contributed by atoms with Gasteiger partial charge in [0.25, 0.3) is 5.91 Å². The van der Waals surface area contributed by atoms with E-state index in [0.717, 1.165) is 57.5 Å². The van der Waals surface area contributed by atoms with Gasteiger partial charge in [0.2, 0.25) is 0 Å². The summed E-state index contributed by atoms with van der Waals surface area (Å²) in [6.07, 6.45) is -1.24. The predicted molar refractivity (Wildman–Crippen MR) is 116 cm³/mol. The molecule has 34 heavy (non-hydrogen) atoms. The molecule has 190 valence electrons. The van der Waals surface area contributed by atoms with Crippen LogP contribution in [0.15, 0.2) is 18.2 Å². The van der Waals surface area contributed by atoms with Crippen molar-refractivity contribution in [1.29, 1.82) is 0 Å². The summed E-state index contributed by atoms with van der Waals surface area (Å²) in [4.78, 5) is 25.9. The van der Waals surface area contributed by atoms with Gasteiger partial charge in [0, 0.05) is 32.7 Å². The zero-order valence-corrected chi connectivity index (χ0v) is 19.1. The maximum absolute atomic E-state index is 12.8. The number of aliphatic hydroxyl groups excluding tert-OH is 1. The molecule has 3 aliphatic heterocycles. The summed E-state index contributed by atoms with van der Waals surface area (Å²) in [7, 11) is 0. The zero-order valence-electron chi connectivity index (χ0n) is 19.1. The number of aromatic hydroxyl groups is 1. The normalized spacial score (nSPS) is 24.7. The molecule has 11 heteroatoms. The van der Waals surface area contributed by atoms with E-state index in [1.165, 1.54) is 0 Å². The van der Waals surface area contributed by atoms with Crippen molar-refractivity contribution in [2.75, 3.05) is 39.3 Å². The molecule has 0 saturated carbocycles. The van der Waals surface area contributed by atoms with Crippen LogP contribution >= 0.6 is 0 Å². The van der Waals surface area contributed by atoms with Crippen molar-refractivity contribution >= 4 is 11.9 Å². The summed E-state index contributed by atoms with van der Waals surface area (Å²) in [5.41, 5.74) is 1.55. The van der Waals surface area contributed by atoms with E-state index in [2.05, 4.69) is 4.90 Å². The number of carbonyl (C=O) groups is 2. The number of benzene rings is 1. The molecule has 0 aliphatic carbocycles. The molecular weight excluding hydrogens is 457 g/mol. The molecule has 1 spiro atoms. The number of carbonyl (C=O) groups excluding carboxylic acids is 1. The van der Waals surface area contributed by atoms with Gasteiger partial charge in [0.05, 0.1) is 24.4 Å². The highest BCUT2D eigenvalue weighted by Gasteiger charge is 2.44. The number of aliphatic hydroxyl groups is 1. The van der Waals surface area contributed by atoms with Crippen molar-refractivity contribution in [3.63, 3.8) is 0 Å². The lowest BCUT2D eigenvalue weighted by molar-refractivity contribution is -0.192. The average molecular weight is 489 g/mol. The fourth-order valence-electron chi connectivity index (χ4n) is 4.80. The molecule has 0 aromatic heterocycles. The van der Waals surface area contributed by atoms with Crippen LogP contribution in [0.2, 0.25) is 0 Å². The minimum Gasteiger partial charge on any atom is -0.507 e. The van der Waals surface area contributed by atoms with Gasteiger partial charge in [-0.2, -0.15) is 13.2 Å². The van der Waals surface area contributed by atoms with Crippen molar-refractivity contribution < 1.29 is 42.8 Å². The Balaban J connectivity index is 0.000000406. The van der Waals surface area contributed by atoms with Crippen molar-refractivity contribution in [2.24, 2.45) is 5.41 Å². The smallest absolute Gasteiger partial charge is 0.490 e. The Bertz CT molecular complexity index is 886. The maximum Gasteiger partial charge on any atom is 0.490 e. The number of ether oxygens (including phenoxy) is 1. The van der Waals surface area contributed by atoms with E-state index < -0.39 is 12.1 Å². The van der Waals surface area contributed by atoms with E-state index in [9.17, 15) is 28.2 Å². The van der Waals surface area contributed by atoms with Crippen LogP contribution in [-0.2, 0) is 9.53 Å². The first-order chi connectivity index (χ1) is 15.9. The number of amides is 1. The first-order valence-electron chi connectivity index (χ1n) is 11.3. The van der Waals surface area contributed by atoms with Gasteiger partial charge in [0.1, 0.15) is 5.75 Å². The number of phenolic OH excluding ortho intramolecular Hbond substituents is 1. The highest BCUT2D eigenvalue weighted by molar-refractivity contribution is 5.97. The molecule has 3 heterocycles. The van der Waals surface area contributed by atoms with Gasteiger partial charge in [-0.15, -0.1) is 0 Å². The fraction of sp³-hybridized carbons (Fsp3) is 0.652. The minimum absolute atomic E-state index is 0.0583. The number of nitrogens with zero attached hydrogens (tertiary/aromatic N) is 2. The number of alkyl halides is 3. The van der Waals surface area contributed by atoms with E-state index >= 15 is 0 Å². The average Bonchev–Trinajstić information content (AvgIpc) is 3.35. The molecule has 3 N–H and O–H groups in total. The van der Waals surface area contributed by atoms with Gasteiger partial charge < -0.3 is 25.0 Å². The second-order valence-corrected chi connectivity index (χ2v) is 9.45. The number of aryl methyl sites for hydroxylation is 1. The number of β-amino-alcohol motifs (C(OH)–C–C–N with tert-alkyl or cyclic N) is 1. The van der Waals surface area contributed by atoms with Crippen LogP contribution in [0.5, 0.6) is 5.75 Å². The lowest BCUT2D eigenvalue weighted by atomic mass is 9.76. The van der Waals surface area contributed by atoms with Gasteiger partial charge >= 0.3 is 12.1 Å². The summed E-state index contributed by atoms with van der Waals surface area (Å²) in [5.74, 6) is -2.77. The molecule has 1 aromatic rings. The predicted octanol–water partition coefficient (Wildman–Crippen LogP) is 2.41. The number of piperidine rings is 1. The van der Waals surface area contributed by atoms with Crippen molar-refractivity contribution in [1.82, 2.24) is 9.80 Å². The Morgan fingerprint density at radius 2 is 1.85 bits per heavy atom. The second kappa shape index (κ2) is 10.5. The largest absolute Gasteiger partial charge is 0.507 e. The lowest BCUT2D eigenvalue weighted by Gasteiger charge is -2.38. The highest BCUT2D eigenvalue weighted by Crippen LogP contribution is 2.42. The van der Waals surface area contributed by atoms with Crippen LogP contribution in [0.3, 0.4) is 0 Å². The molecule has 2 unspecified atom stereocenters. The molecule has 0 bridgehead atoms. The number of rotatable bonds is 3. The van der Waals surface area contributed by atoms with Crippen LogP contribution in [0.4, 0.5) is 13.2 Å². The lowest BCUT2D eigenvalue weighted by Crippen LogP contribution is -2.43. The van der Waals surface area contributed by atoms with Crippen molar-refractivity contribution in [3.05, 3.63) is 29.3 Å². The molecule has 3 saturated heterocycles. The minimum atomic E-state index is -5.08. The van der Waals surface area contributed by atoms with Gasteiger partial charge in [-0.25, -0.2) is 4.79 Å². The zero-order chi connectivity index (χ0) is 25.1. The number of likely N-dealkylation sites (tertiary alicyclic amines) is 2. The summed E-state index contributed by atoms with van der Waals surface area (Å²) in [6.45, 7) is 6.74. The van der Waals surface area contributed by atoms with Crippen LogP contribution in [0.1, 0.15) is 41.6 Å². The summed E-state index contributed by atoms with van der Waals surface area (Å²) >= 11 is 0. The van der Waals surface area contributed by atoms with Crippen molar-refractivity contribution in [3.8, 4) is 5.75 Å². The van der Waals surface area contributed by atoms with Crippen LogP contribution < -0.4 is 0 Å². The third kappa shape index (κ3) is 6.61. The fourth-order valence-corrected chi connectivity index (χ4v) is 4.80. The molecule has 0 radical (unpaired) electrons. The number of hydrogen-bond donors (Lipinski definition) is 3. The monoisotopic (exact) mass is 488 g/mol. The van der Waals surface area contributed by atoms with E-state index in [1.807, 2.05) is 17.9 Å².